The number of hydrogen-bond donors (Lipinski definition) is 1. The molecule has 0 spiro atoms. The van der Waals surface area contributed by atoms with E-state index in [4.69, 9.17) is 5.73 Å². The molecule has 64 valence electrons. The van der Waals surface area contributed by atoms with Crippen LogP contribution in [-0.2, 0) is 4.79 Å². The molecule has 1 saturated carbocycles. The van der Waals surface area contributed by atoms with E-state index >= 15 is 0 Å². The van der Waals surface area contributed by atoms with Crippen molar-refractivity contribution in [1.82, 2.24) is 0 Å². The summed E-state index contributed by atoms with van der Waals surface area (Å²) in [5.74, 6) is 0.961. The van der Waals surface area contributed by atoms with Gasteiger partial charge in [-0.3, -0.25) is 4.79 Å². The van der Waals surface area contributed by atoms with Crippen LogP contribution in [0.2, 0.25) is 0 Å². The van der Waals surface area contributed by atoms with E-state index in [0.717, 1.165) is 12.8 Å². The average Bonchev–Trinajstić information content (AvgIpc) is 1.95. The number of nitrogens with two attached hydrogens (primary N) is 1. The van der Waals surface area contributed by atoms with Gasteiger partial charge in [0.05, 0.1) is 0 Å². The van der Waals surface area contributed by atoms with Crippen LogP contribution in [0.1, 0.15) is 39.0 Å². The molecule has 0 aliphatic heterocycles. The maximum atomic E-state index is 10.9. The van der Waals surface area contributed by atoms with Crippen molar-refractivity contribution in [2.24, 2.45) is 11.7 Å². The molecule has 0 amide bonds. The van der Waals surface area contributed by atoms with Crippen molar-refractivity contribution in [1.29, 1.82) is 0 Å². The highest BCUT2D eigenvalue weighted by molar-refractivity contribution is 5.79. The summed E-state index contributed by atoms with van der Waals surface area (Å²) in [6.45, 7) is 2.17. The van der Waals surface area contributed by atoms with Crippen LogP contribution in [-0.4, -0.2) is 11.8 Å². The molecule has 2 N–H and O–H groups in total. The van der Waals surface area contributed by atoms with Gasteiger partial charge in [0.25, 0.3) is 0 Å². The molecule has 1 rings (SSSR count). The second kappa shape index (κ2) is 3.86. The van der Waals surface area contributed by atoms with Crippen LogP contribution in [0.15, 0.2) is 0 Å². The molecular formula is C9H17NO. The summed E-state index contributed by atoms with van der Waals surface area (Å²) < 4.78 is 0. The van der Waals surface area contributed by atoms with Gasteiger partial charge in [-0.25, -0.2) is 0 Å². The van der Waals surface area contributed by atoms with Crippen molar-refractivity contribution in [3.8, 4) is 0 Å². The highest BCUT2D eigenvalue weighted by atomic mass is 16.1. The summed E-state index contributed by atoms with van der Waals surface area (Å²) >= 11 is 0. The minimum Gasteiger partial charge on any atom is -0.327 e. The lowest BCUT2D eigenvalue weighted by atomic mass is 9.82. The van der Waals surface area contributed by atoms with Gasteiger partial charge in [0.2, 0.25) is 0 Å². The fourth-order valence-corrected chi connectivity index (χ4v) is 1.82. The first-order chi connectivity index (χ1) is 5.24. The van der Waals surface area contributed by atoms with Gasteiger partial charge in [0.15, 0.2) is 0 Å². The van der Waals surface area contributed by atoms with Crippen LogP contribution >= 0.6 is 0 Å². The predicted octanol–water partition coefficient (Wildman–Crippen LogP) is 1.48. The van der Waals surface area contributed by atoms with Gasteiger partial charge in [-0.05, 0) is 18.8 Å². The lowest BCUT2D eigenvalue weighted by Gasteiger charge is -2.27. The number of rotatable bonds is 2. The van der Waals surface area contributed by atoms with E-state index in [9.17, 15) is 4.79 Å². The van der Waals surface area contributed by atoms with Crippen LogP contribution in [0.5, 0.6) is 0 Å². The standard InChI is InChI=1S/C9H17NO/c1-2-3-7-4-5-8(11)6-9(7)10/h7,9H,2-6,10H2,1H3. The molecule has 0 saturated heterocycles. The Labute approximate surface area is 68.2 Å². The highest BCUT2D eigenvalue weighted by Gasteiger charge is 2.25. The van der Waals surface area contributed by atoms with Gasteiger partial charge < -0.3 is 5.73 Å². The van der Waals surface area contributed by atoms with Gasteiger partial charge in [0, 0.05) is 18.9 Å². The number of carbonyl (C=O) groups excluding carboxylic acids is 1. The van der Waals surface area contributed by atoms with Gasteiger partial charge in [-0.2, -0.15) is 0 Å². The molecule has 2 unspecified atom stereocenters. The lowest BCUT2D eigenvalue weighted by molar-refractivity contribution is -0.121. The second-order valence-corrected chi connectivity index (χ2v) is 3.49. The lowest BCUT2D eigenvalue weighted by Crippen LogP contribution is -2.36. The third-order valence-electron chi connectivity index (χ3n) is 2.52. The predicted molar refractivity (Wildman–Crippen MR) is 45.2 cm³/mol. The molecule has 0 aromatic carbocycles. The first-order valence-electron chi connectivity index (χ1n) is 4.51. The quantitative estimate of drug-likeness (QED) is 0.656. The molecule has 0 heterocycles. The molecule has 0 radical (unpaired) electrons. The fraction of sp³-hybridized carbons (Fsp3) is 0.889. The first kappa shape index (κ1) is 8.72. The van der Waals surface area contributed by atoms with Crippen molar-refractivity contribution in [3.05, 3.63) is 0 Å². The molecule has 2 nitrogen and oxygen atoms in total. The smallest absolute Gasteiger partial charge is 0.134 e. The summed E-state index contributed by atoms with van der Waals surface area (Å²) in [4.78, 5) is 10.9. The zero-order valence-electron chi connectivity index (χ0n) is 7.18. The monoisotopic (exact) mass is 155 g/mol. The van der Waals surface area contributed by atoms with Crippen molar-refractivity contribution in [3.63, 3.8) is 0 Å². The van der Waals surface area contributed by atoms with Gasteiger partial charge in [-0.1, -0.05) is 13.3 Å². The molecular weight excluding hydrogens is 138 g/mol. The van der Waals surface area contributed by atoms with Crippen molar-refractivity contribution >= 4 is 5.78 Å². The van der Waals surface area contributed by atoms with E-state index in [2.05, 4.69) is 6.92 Å². The number of carbonyl (C=O) groups is 1. The Balaban J connectivity index is 2.37. The van der Waals surface area contributed by atoms with E-state index < -0.39 is 0 Å². The summed E-state index contributed by atoms with van der Waals surface area (Å²) in [6.07, 6.45) is 4.78. The molecule has 0 bridgehead atoms. The van der Waals surface area contributed by atoms with Crippen LogP contribution in [0.3, 0.4) is 0 Å². The fourth-order valence-electron chi connectivity index (χ4n) is 1.82. The van der Waals surface area contributed by atoms with Crippen molar-refractivity contribution < 1.29 is 4.79 Å². The molecule has 11 heavy (non-hydrogen) atoms. The van der Waals surface area contributed by atoms with Crippen LogP contribution < -0.4 is 5.73 Å². The highest BCUT2D eigenvalue weighted by Crippen LogP contribution is 2.24. The summed E-state index contributed by atoms with van der Waals surface area (Å²) in [6, 6.07) is 0.149. The molecule has 2 atom stereocenters. The van der Waals surface area contributed by atoms with E-state index in [-0.39, 0.29) is 6.04 Å². The van der Waals surface area contributed by atoms with Gasteiger partial charge in [-0.15, -0.1) is 0 Å². The molecule has 0 aromatic heterocycles. The summed E-state index contributed by atoms with van der Waals surface area (Å²) in [5, 5.41) is 0. The number of ketones is 1. The zero-order chi connectivity index (χ0) is 8.27. The molecule has 0 aromatic rings. The molecule has 1 fully saturated rings. The third kappa shape index (κ3) is 2.29. The Bertz CT molecular complexity index is 144. The van der Waals surface area contributed by atoms with E-state index in [0.29, 0.717) is 18.1 Å². The first-order valence-corrected chi connectivity index (χ1v) is 4.51. The third-order valence-corrected chi connectivity index (χ3v) is 2.52. The topological polar surface area (TPSA) is 43.1 Å². The molecule has 2 heteroatoms. The largest absolute Gasteiger partial charge is 0.327 e. The van der Waals surface area contributed by atoms with Gasteiger partial charge >= 0.3 is 0 Å². The normalized spacial score (nSPS) is 32.4. The van der Waals surface area contributed by atoms with Crippen LogP contribution in [0.25, 0.3) is 0 Å². The Hall–Kier alpha value is -0.370. The van der Waals surface area contributed by atoms with Crippen LogP contribution in [0, 0.1) is 5.92 Å². The number of Topliss-reactive ketones (excluding diaryl/α,β-unsaturated/α-hetero) is 1. The van der Waals surface area contributed by atoms with E-state index in [1.165, 1.54) is 12.8 Å². The second-order valence-electron chi connectivity index (χ2n) is 3.49. The van der Waals surface area contributed by atoms with Crippen molar-refractivity contribution in [2.45, 2.75) is 45.1 Å². The minimum atomic E-state index is 0.149. The Morgan fingerprint density at radius 2 is 2.36 bits per heavy atom. The van der Waals surface area contributed by atoms with Crippen LogP contribution in [0.4, 0.5) is 0 Å². The Kier molecular flexibility index (Phi) is 3.06. The number of hydrogen-bond acceptors (Lipinski definition) is 2. The minimum absolute atomic E-state index is 0.149. The van der Waals surface area contributed by atoms with Gasteiger partial charge in [0.1, 0.15) is 5.78 Å². The Morgan fingerprint density at radius 1 is 1.64 bits per heavy atom. The average molecular weight is 155 g/mol. The SMILES string of the molecule is CCCC1CCC(=O)CC1N. The maximum Gasteiger partial charge on any atom is 0.134 e. The Morgan fingerprint density at radius 3 is 2.91 bits per heavy atom. The summed E-state index contributed by atoms with van der Waals surface area (Å²) in [5.41, 5.74) is 5.83. The van der Waals surface area contributed by atoms with E-state index in [1.54, 1.807) is 0 Å². The molecule has 1 aliphatic rings. The summed E-state index contributed by atoms with van der Waals surface area (Å²) in [7, 11) is 0. The maximum absolute atomic E-state index is 10.9. The van der Waals surface area contributed by atoms with E-state index in [1.807, 2.05) is 0 Å². The van der Waals surface area contributed by atoms with Crippen molar-refractivity contribution in [2.75, 3.05) is 0 Å². The zero-order valence-corrected chi connectivity index (χ0v) is 7.18. The molecule has 1 aliphatic carbocycles.